The Kier molecular flexibility index (Phi) is 7.66. The summed E-state index contributed by atoms with van der Waals surface area (Å²) < 4.78 is 0.894. The van der Waals surface area contributed by atoms with Gasteiger partial charge in [-0.05, 0) is 38.2 Å². The first kappa shape index (κ1) is 16.7. The van der Waals surface area contributed by atoms with E-state index in [4.69, 9.17) is 11.6 Å². The quantitative estimate of drug-likeness (QED) is 0.498. The Bertz CT molecular complexity index is 423. The fourth-order valence-electron chi connectivity index (χ4n) is 1.89. The third-order valence-corrected chi connectivity index (χ3v) is 3.90. The molecule has 1 rings (SSSR count). The van der Waals surface area contributed by atoms with Gasteiger partial charge >= 0.3 is 0 Å². The van der Waals surface area contributed by atoms with Crippen molar-refractivity contribution in [1.82, 2.24) is 4.90 Å². The molecule has 0 heterocycles. The van der Waals surface area contributed by atoms with E-state index in [1.54, 1.807) is 12.1 Å². The SMILES string of the molecule is CCCCCN(C)CCC(=O)c1ccc(Br)cc1Cl. The molecule has 2 nitrogen and oxygen atoms in total. The molecule has 0 aliphatic carbocycles. The Morgan fingerprint density at radius 3 is 2.68 bits per heavy atom. The maximum Gasteiger partial charge on any atom is 0.165 e. The molecule has 1 aromatic carbocycles. The van der Waals surface area contributed by atoms with E-state index in [1.807, 2.05) is 6.07 Å². The smallest absolute Gasteiger partial charge is 0.165 e. The summed E-state index contributed by atoms with van der Waals surface area (Å²) in [6.07, 6.45) is 4.18. The summed E-state index contributed by atoms with van der Waals surface area (Å²) in [6.45, 7) is 4.03. The van der Waals surface area contributed by atoms with Crippen LogP contribution in [0.15, 0.2) is 22.7 Å². The second-order valence-corrected chi connectivity index (χ2v) is 6.13. The molecule has 4 heteroatoms. The van der Waals surface area contributed by atoms with E-state index < -0.39 is 0 Å². The summed E-state index contributed by atoms with van der Waals surface area (Å²) in [6, 6.07) is 5.40. The van der Waals surface area contributed by atoms with Crippen LogP contribution in [-0.4, -0.2) is 30.8 Å². The minimum Gasteiger partial charge on any atom is -0.306 e. The molecule has 0 atom stereocenters. The number of carbonyl (C=O) groups excluding carboxylic acids is 1. The fourth-order valence-corrected chi connectivity index (χ4v) is 2.67. The molecule has 0 aliphatic rings. The van der Waals surface area contributed by atoms with Gasteiger partial charge in [-0.2, -0.15) is 0 Å². The number of rotatable bonds is 8. The first-order chi connectivity index (χ1) is 9.04. The number of benzene rings is 1. The molecule has 0 bridgehead atoms. The first-order valence-corrected chi connectivity index (χ1v) is 7.88. The second-order valence-electron chi connectivity index (χ2n) is 4.81. The van der Waals surface area contributed by atoms with Gasteiger partial charge in [0.25, 0.3) is 0 Å². The number of ketones is 1. The monoisotopic (exact) mass is 345 g/mol. The molecule has 0 saturated heterocycles. The van der Waals surface area contributed by atoms with Crippen LogP contribution in [0.5, 0.6) is 0 Å². The highest BCUT2D eigenvalue weighted by Gasteiger charge is 2.11. The van der Waals surface area contributed by atoms with Gasteiger partial charge in [0.2, 0.25) is 0 Å². The van der Waals surface area contributed by atoms with Crippen LogP contribution in [0.25, 0.3) is 0 Å². The normalized spacial score (nSPS) is 11.0. The number of hydrogen-bond acceptors (Lipinski definition) is 2. The Morgan fingerprint density at radius 1 is 1.32 bits per heavy atom. The van der Waals surface area contributed by atoms with Crippen molar-refractivity contribution in [3.8, 4) is 0 Å². The summed E-state index contributed by atoms with van der Waals surface area (Å²) in [5.41, 5.74) is 0.617. The van der Waals surface area contributed by atoms with E-state index >= 15 is 0 Å². The minimum atomic E-state index is 0.111. The molecule has 0 radical (unpaired) electrons. The minimum absolute atomic E-state index is 0.111. The van der Waals surface area contributed by atoms with E-state index in [2.05, 4.69) is 34.8 Å². The fraction of sp³-hybridized carbons (Fsp3) is 0.533. The van der Waals surface area contributed by atoms with E-state index in [9.17, 15) is 4.79 Å². The number of nitrogens with zero attached hydrogens (tertiary/aromatic N) is 1. The van der Waals surface area contributed by atoms with Gasteiger partial charge in [0.1, 0.15) is 0 Å². The topological polar surface area (TPSA) is 20.3 Å². The largest absolute Gasteiger partial charge is 0.306 e. The van der Waals surface area contributed by atoms with Crippen LogP contribution in [0.3, 0.4) is 0 Å². The molecule has 1 aromatic rings. The zero-order chi connectivity index (χ0) is 14.3. The molecule has 0 unspecified atom stereocenters. The number of hydrogen-bond donors (Lipinski definition) is 0. The van der Waals surface area contributed by atoms with Gasteiger partial charge in [0, 0.05) is 23.0 Å². The molecule has 0 aromatic heterocycles. The molecular formula is C15H21BrClNO. The Labute approximate surface area is 129 Å². The van der Waals surface area contributed by atoms with Crippen molar-refractivity contribution in [3.63, 3.8) is 0 Å². The molecule has 0 fully saturated rings. The number of carbonyl (C=O) groups is 1. The van der Waals surface area contributed by atoms with Crippen molar-refractivity contribution >= 4 is 33.3 Å². The van der Waals surface area contributed by atoms with Crippen LogP contribution in [-0.2, 0) is 0 Å². The van der Waals surface area contributed by atoms with Gasteiger partial charge < -0.3 is 4.90 Å². The molecule has 0 N–H and O–H groups in total. The highest BCUT2D eigenvalue weighted by atomic mass is 79.9. The Morgan fingerprint density at radius 2 is 2.05 bits per heavy atom. The summed E-state index contributed by atoms with van der Waals surface area (Å²) in [4.78, 5) is 14.3. The van der Waals surface area contributed by atoms with E-state index in [0.29, 0.717) is 17.0 Å². The maximum absolute atomic E-state index is 12.1. The first-order valence-electron chi connectivity index (χ1n) is 6.71. The molecule has 0 amide bonds. The van der Waals surface area contributed by atoms with Crippen molar-refractivity contribution in [2.75, 3.05) is 20.1 Å². The van der Waals surface area contributed by atoms with Crippen LogP contribution in [0.4, 0.5) is 0 Å². The molecule has 0 saturated carbocycles. The van der Waals surface area contributed by atoms with E-state index in [-0.39, 0.29) is 5.78 Å². The third-order valence-electron chi connectivity index (χ3n) is 3.10. The Hall–Kier alpha value is -0.380. The zero-order valence-corrected chi connectivity index (χ0v) is 13.9. The van der Waals surface area contributed by atoms with Crippen molar-refractivity contribution in [1.29, 1.82) is 0 Å². The lowest BCUT2D eigenvalue weighted by atomic mass is 10.1. The standard InChI is InChI=1S/C15H21BrClNO/c1-3-4-5-9-18(2)10-8-15(19)13-7-6-12(16)11-14(13)17/h6-7,11H,3-5,8-10H2,1-2H3. The van der Waals surface area contributed by atoms with Gasteiger partial charge in [-0.1, -0.05) is 47.3 Å². The summed E-state index contributed by atoms with van der Waals surface area (Å²) in [5.74, 6) is 0.111. The van der Waals surface area contributed by atoms with Gasteiger partial charge in [0.05, 0.1) is 5.02 Å². The predicted octanol–water partition coefficient (Wildman–Crippen LogP) is 4.80. The highest BCUT2D eigenvalue weighted by molar-refractivity contribution is 9.10. The molecule has 0 aliphatic heterocycles. The molecular weight excluding hydrogens is 326 g/mol. The van der Waals surface area contributed by atoms with Crippen molar-refractivity contribution < 1.29 is 4.79 Å². The van der Waals surface area contributed by atoms with Gasteiger partial charge in [0.15, 0.2) is 5.78 Å². The lowest BCUT2D eigenvalue weighted by molar-refractivity contribution is 0.0969. The summed E-state index contributed by atoms with van der Waals surface area (Å²) in [5, 5.41) is 0.521. The Balaban J connectivity index is 2.42. The summed E-state index contributed by atoms with van der Waals surface area (Å²) in [7, 11) is 2.06. The average Bonchev–Trinajstić information content (AvgIpc) is 2.36. The lowest BCUT2D eigenvalue weighted by Crippen LogP contribution is -2.23. The van der Waals surface area contributed by atoms with Gasteiger partial charge in [-0.15, -0.1) is 0 Å². The van der Waals surface area contributed by atoms with Crippen LogP contribution in [0.1, 0.15) is 43.0 Å². The van der Waals surface area contributed by atoms with Crippen LogP contribution < -0.4 is 0 Å². The van der Waals surface area contributed by atoms with Crippen molar-refractivity contribution in [3.05, 3.63) is 33.3 Å². The highest BCUT2D eigenvalue weighted by Crippen LogP contribution is 2.22. The maximum atomic E-state index is 12.1. The van der Waals surface area contributed by atoms with Crippen LogP contribution >= 0.6 is 27.5 Å². The predicted molar refractivity (Wildman–Crippen MR) is 85.1 cm³/mol. The second kappa shape index (κ2) is 8.72. The van der Waals surface area contributed by atoms with E-state index in [1.165, 1.54) is 19.3 Å². The van der Waals surface area contributed by atoms with Crippen LogP contribution in [0, 0.1) is 0 Å². The zero-order valence-electron chi connectivity index (χ0n) is 11.6. The average molecular weight is 347 g/mol. The van der Waals surface area contributed by atoms with Crippen molar-refractivity contribution in [2.24, 2.45) is 0 Å². The third kappa shape index (κ3) is 6.07. The number of halogens is 2. The molecule has 0 spiro atoms. The van der Waals surface area contributed by atoms with Crippen molar-refractivity contribution in [2.45, 2.75) is 32.6 Å². The van der Waals surface area contributed by atoms with Gasteiger partial charge in [-0.3, -0.25) is 4.79 Å². The van der Waals surface area contributed by atoms with Crippen LogP contribution in [0.2, 0.25) is 5.02 Å². The molecule has 106 valence electrons. The summed E-state index contributed by atoms with van der Waals surface area (Å²) >= 11 is 9.42. The number of Topliss-reactive ketones (excluding diaryl/α,β-unsaturated/α-hetero) is 1. The lowest BCUT2D eigenvalue weighted by Gasteiger charge is -2.15. The number of unbranched alkanes of at least 4 members (excludes halogenated alkanes) is 2. The molecule has 19 heavy (non-hydrogen) atoms. The van der Waals surface area contributed by atoms with Gasteiger partial charge in [-0.25, -0.2) is 0 Å². The van der Waals surface area contributed by atoms with E-state index in [0.717, 1.165) is 17.6 Å².